The van der Waals surface area contributed by atoms with Gasteiger partial charge in [-0.15, -0.1) is 0 Å². The largest absolute Gasteiger partial charge is 0.458 e. The molecule has 13 heavy (non-hydrogen) atoms. The molecule has 3 heteroatoms. The van der Waals surface area contributed by atoms with Gasteiger partial charge in [0.05, 0.1) is 0 Å². The molecule has 0 amide bonds. The Morgan fingerprint density at radius 3 is 2.46 bits per heavy atom. The van der Waals surface area contributed by atoms with Crippen molar-refractivity contribution in [2.24, 2.45) is 0 Å². The third kappa shape index (κ3) is 3.66. The van der Waals surface area contributed by atoms with Crippen LogP contribution in [0, 0.1) is 18.8 Å². The molecule has 0 radical (unpaired) electrons. The predicted molar refractivity (Wildman–Crippen MR) is 44.1 cm³/mol. The van der Waals surface area contributed by atoms with Crippen LogP contribution in [0.15, 0.2) is 24.3 Å². The molecular formula is C10H7F3. The third-order valence-corrected chi connectivity index (χ3v) is 1.37. The Labute approximate surface area is 74.4 Å². The average molecular weight is 184 g/mol. The van der Waals surface area contributed by atoms with Gasteiger partial charge in [0, 0.05) is 11.5 Å². The van der Waals surface area contributed by atoms with Gasteiger partial charge in [0.25, 0.3) is 0 Å². The van der Waals surface area contributed by atoms with E-state index in [1.165, 1.54) is 5.92 Å². The van der Waals surface area contributed by atoms with Crippen LogP contribution >= 0.6 is 0 Å². The quantitative estimate of drug-likeness (QED) is 0.544. The summed E-state index contributed by atoms with van der Waals surface area (Å²) in [6.45, 7) is 1.80. The van der Waals surface area contributed by atoms with Crippen molar-refractivity contribution in [1.29, 1.82) is 0 Å². The molecule has 1 aromatic rings. The molecule has 0 saturated heterocycles. The fraction of sp³-hybridized carbons (Fsp3) is 0.200. The number of rotatable bonds is 0. The molecule has 0 spiro atoms. The first-order valence-corrected chi connectivity index (χ1v) is 3.64. The summed E-state index contributed by atoms with van der Waals surface area (Å²) in [5.41, 5.74) is 1.28. The lowest BCUT2D eigenvalue weighted by atomic mass is 10.1. The van der Waals surface area contributed by atoms with Gasteiger partial charge in [-0.25, -0.2) is 0 Å². The van der Waals surface area contributed by atoms with Crippen LogP contribution in [-0.2, 0) is 0 Å². The normalized spacial score (nSPS) is 10.5. The van der Waals surface area contributed by atoms with E-state index >= 15 is 0 Å². The van der Waals surface area contributed by atoms with E-state index in [1.807, 2.05) is 0 Å². The van der Waals surface area contributed by atoms with E-state index in [9.17, 15) is 13.2 Å². The predicted octanol–water partition coefficient (Wildman–Crippen LogP) is 2.91. The standard InChI is InChI=1S/C10H7F3/c1-8-3-2-4-9(7-8)5-6-10(11,12)13/h2-4,7H,1H3. The molecule has 0 bridgehead atoms. The summed E-state index contributed by atoms with van der Waals surface area (Å²) < 4.78 is 35.0. The molecule has 1 rings (SSSR count). The number of aryl methyl sites for hydroxylation is 1. The van der Waals surface area contributed by atoms with Crippen LogP contribution < -0.4 is 0 Å². The van der Waals surface area contributed by atoms with Crippen molar-refractivity contribution in [3.63, 3.8) is 0 Å². The third-order valence-electron chi connectivity index (χ3n) is 1.37. The van der Waals surface area contributed by atoms with Crippen LogP contribution in [0.25, 0.3) is 0 Å². The Hall–Kier alpha value is -1.43. The molecule has 0 saturated carbocycles. The lowest BCUT2D eigenvalue weighted by molar-refractivity contribution is -0.0696. The Morgan fingerprint density at radius 2 is 1.92 bits per heavy atom. The summed E-state index contributed by atoms with van der Waals surface area (Å²) >= 11 is 0. The van der Waals surface area contributed by atoms with Crippen molar-refractivity contribution in [1.82, 2.24) is 0 Å². The first kappa shape index (κ1) is 9.66. The zero-order chi connectivity index (χ0) is 9.90. The van der Waals surface area contributed by atoms with Crippen LogP contribution in [0.5, 0.6) is 0 Å². The monoisotopic (exact) mass is 184 g/mol. The fourth-order valence-electron chi connectivity index (χ4n) is 0.866. The second-order valence-corrected chi connectivity index (χ2v) is 2.62. The van der Waals surface area contributed by atoms with Crippen LogP contribution in [0.1, 0.15) is 11.1 Å². The van der Waals surface area contributed by atoms with Crippen molar-refractivity contribution in [2.45, 2.75) is 13.1 Å². The van der Waals surface area contributed by atoms with Gasteiger partial charge in [0.1, 0.15) is 0 Å². The summed E-state index contributed by atoms with van der Waals surface area (Å²) in [7, 11) is 0. The smallest absolute Gasteiger partial charge is 0.159 e. The van der Waals surface area contributed by atoms with Crippen molar-refractivity contribution in [2.75, 3.05) is 0 Å². The van der Waals surface area contributed by atoms with Gasteiger partial charge >= 0.3 is 6.18 Å². The Bertz CT molecular complexity index is 352. The zero-order valence-electron chi connectivity index (χ0n) is 6.94. The van der Waals surface area contributed by atoms with Crippen LogP contribution in [-0.4, -0.2) is 6.18 Å². The highest BCUT2D eigenvalue weighted by molar-refractivity contribution is 5.37. The van der Waals surface area contributed by atoms with Crippen molar-refractivity contribution in [3.8, 4) is 11.8 Å². The average Bonchev–Trinajstić information content (AvgIpc) is 2.00. The van der Waals surface area contributed by atoms with E-state index in [-0.39, 0.29) is 0 Å². The van der Waals surface area contributed by atoms with E-state index in [2.05, 4.69) is 5.92 Å². The van der Waals surface area contributed by atoms with Gasteiger partial charge in [0.2, 0.25) is 0 Å². The first-order chi connectivity index (χ1) is 5.97. The number of hydrogen-bond donors (Lipinski definition) is 0. The van der Waals surface area contributed by atoms with Gasteiger partial charge in [-0.3, -0.25) is 0 Å². The molecular weight excluding hydrogens is 177 g/mol. The minimum atomic E-state index is -4.41. The van der Waals surface area contributed by atoms with Crippen LogP contribution in [0.3, 0.4) is 0 Å². The Morgan fingerprint density at radius 1 is 1.23 bits per heavy atom. The summed E-state index contributed by atoms with van der Waals surface area (Å²) in [6.07, 6.45) is -4.41. The second-order valence-electron chi connectivity index (χ2n) is 2.62. The maximum absolute atomic E-state index is 11.7. The number of hydrogen-bond acceptors (Lipinski definition) is 0. The van der Waals surface area contributed by atoms with E-state index < -0.39 is 6.18 Å². The van der Waals surface area contributed by atoms with Crippen molar-refractivity contribution >= 4 is 0 Å². The van der Waals surface area contributed by atoms with Crippen LogP contribution in [0.2, 0.25) is 0 Å². The first-order valence-electron chi connectivity index (χ1n) is 3.64. The highest BCUT2D eigenvalue weighted by atomic mass is 19.4. The molecule has 0 unspecified atom stereocenters. The van der Waals surface area contributed by atoms with E-state index in [0.717, 1.165) is 5.56 Å². The highest BCUT2D eigenvalue weighted by Gasteiger charge is 2.22. The molecule has 1 aromatic carbocycles. The lowest BCUT2D eigenvalue weighted by Crippen LogP contribution is -2.01. The van der Waals surface area contributed by atoms with E-state index in [1.54, 1.807) is 31.2 Å². The number of benzene rings is 1. The molecule has 0 nitrogen and oxygen atoms in total. The Kier molecular flexibility index (Phi) is 2.62. The minimum Gasteiger partial charge on any atom is -0.159 e. The highest BCUT2D eigenvalue weighted by Crippen LogP contribution is 2.12. The Balaban J connectivity index is 2.90. The molecule has 68 valence electrons. The SMILES string of the molecule is Cc1cccc(C#CC(F)(F)F)c1. The van der Waals surface area contributed by atoms with Crippen molar-refractivity contribution in [3.05, 3.63) is 35.4 Å². The summed E-state index contributed by atoms with van der Waals surface area (Å²) in [6, 6.07) is 6.64. The maximum atomic E-state index is 11.7. The maximum Gasteiger partial charge on any atom is 0.458 e. The second kappa shape index (κ2) is 3.53. The summed E-state index contributed by atoms with van der Waals surface area (Å²) in [5, 5.41) is 0. The molecule has 0 fully saturated rings. The van der Waals surface area contributed by atoms with Gasteiger partial charge < -0.3 is 0 Å². The lowest BCUT2D eigenvalue weighted by Gasteiger charge is -1.94. The van der Waals surface area contributed by atoms with Crippen molar-refractivity contribution < 1.29 is 13.2 Å². The summed E-state index contributed by atoms with van der Waals surface area (Å²) in [5.74, 6) is 3.27. The fourth-order valence-corrected chi connectivity index (χ4v) is 0.866. The van der Waals surface area contributed by atoms with Gasteiger partial charge in [0.15, 0.2) is 0 Å². The molecule has 0 aliphatic carbocycles. The van der Waals surface area contributed by atoms with Gasteiger partial charge in [-0.1, -0.05) is 18.1 Å². The molecule has 0 aromatic heterocycles. The molecule has 0 aliphatic heterocycles. The molecule has 0 heterocycles. The molecule has 0 N–H and O–H groups in total. The zero-order valence-corrected chi connectivity index (χ0v) is 6.94. The molecule has 0 aliphatic rings. The van der Waals surface area contributed by atoms with Gasteiger partial charge in [-0.05, 0) is 24.6 Å². The number of halogens is 3. The van der Waals surface area contributed by atoms with E-state index in [0.29, 0.717) is 5.56 Å². The van der Waals surface area contributed by atoms with E-state index in [4.69, 9.17) is 0 Å². The minimum absolute atomic E-state index is 0.386. The molecule has 0 atom stereocenters. The van der Waals surface area contributed by atoms with Gasteiger partial charge in [-0.2, -0.15) is 13.2 Å². The number of alkyl halides is 3. The van der Waals surface area contributed by atoms with Crippen LogP contribution in [0.4, 0.5) is 13.2 Å². The summed E-state index contributed by atoms with van der Waals surface area (Å²) in [4.78, 5) is 0. The topological polar surface area (TPSA) is 0 Å².